The number of aromatic nitrogens is 4. The zero-order valence-corrected chi connectivity index (χ0v) is 27.3. The van der Waals surface area contributed by atoms with Gasteiger partial charge in [-0.05, 0) is 26.7 Å². The summed E-state index contributed by atoms with van der Waals surface area (Å²) in [4.78, 5) is 75.8. The molecule has 0 spiro atoms. The summed E-state index contributed by atoms with van der Waals surface area (Å²) in [6, 6.07) is 0. The van der Waals surface area contributed by atoms with E-state index in [1.165, 1.54) is 26.2 Å². The number of carbonyl (C=O) groups excluding carboxylic acids is 2. The van der Waals surface area contributed by atoms with Gasteiger partial charge in [-0.2, -0.15) is 0 Å². The number of aromatic amines is 2. The summed E-state index contributed by atoms with van der Waals surface area (Å²) < 4.78 is 52.8. The molecule has 0 amide bonds. The molecule has 266 valence electrons. The molecule has 2 aliphatic rings. The number of halogens is 2. The molecule has 0 bridgehead atoms. The molecule has 2 saturated heterocycles. The number of rotatable bonds is 17. The van der Waals surface area contributed by atoms with Crippen LogP contribution in [0.1, 0.15) is 101 Å². The van der Waals surface area contributed by atoms with Gasteiger partial charge in [-0.1, -0.05) is 38.5 Å². The van der Waals surface area contributed by atoms with Crippen molar-refractivity contribution in [1.29, 1.82) is 0 Å². The Hall–Kier alpha value is -3.92. The fraction of sp³-hybridized carbons (Fsp3) is 0.688. The predicted octanol–water partition coefficient (Wildman–Crippen LogP) is 2.94. The molecule has 2 aromatic rings. The smallest absolute Gasteiger partial charge is 0.330 e. The zero-order valence-electron chi connectivity index (χ0n) is 27.3. The summed E-state index contributed by atoms with van der Waals surface area (Å²) in [7, 11) is 0. The molecule has 0 unspecified atom stereocenters. The normalized spacial score (nSPS) is 23.8. The van der Waals surface area contributed by atoms with Crippen molar-refractivity contribution < 1.29 is 37.3 Å². The Labute approximate surface area is 274 Å². The largest absolute Gasteiger partial charge is 0.463 e. The maximum absolute atomic E-state index is 14.5. The van der Waals surface area contributed by atoms with E-state index in [0.717, 1.165) is 47.7 Å². The number of alkyl halides is 2. The van der Waals surface area contributed by atoms with Crippen LogP contribution >= 0.6 is 0 Å². The van der Waals surface area contributed by atoms with Gasteiger partial charge in [0.15, 0.2) is 0 Å². The van der Waals surface area contributed by atoms with E-state index in [1.807, 2.05) is 0 Å². The average molecular weight is 683 g/mol. The minimum absolute atomic E-state index is 0.0960. The van der Waals surface area contributed by atoms with E-state index in [4.69, 9.17) is 18.9 Å². The lowest BCUT2D eigenvalue weighted by Gasteiger charge is -2.16. The number of carbonyl (C=O) groups is 2. The van der Waals surface area contributed by atoms with Gasteiger partial charge in [0.25, 0.3) is 11.1 Å². The van der Waals surface area contributed by atoms with Crippen LogP contribution in [-0.4, -0.2) is 68.8 Å². The molecule has 2 aliphatic heterocycles. The highest BCUT2D eigenvalue weighted by Crippen LogP contribution is 2.31. The SMILES string of the molecule is Cc1cn([C@H]2C[C@H](F)[C@@H](COC(=O)CCCCCCCCCCC(=O)OC[C@H]3O[C@@H](n4cc(C)c(=O)[nH]c4=O)C[C@@H]3F)O2)c(=O)[nH]c1=O. The lowest BCUT2D eigenvalue weighted by atomic mass is 10.1. The van der Waals surface area contributed by atoms with Crippen LogP contribution in [0.15, 0.2) is 31.6 Å². The van der Waals surface area contributed by atoms with Gasteiger partial charge in [0.1, 0.15) is 50.2 Å². The number of nitrogens with one attached hydrogen (secondary N) is 2. The number of esters is 2. The van der Waals surface area contributed by atoms with Crippen LogP contribution in [0.5, 0.6) is 0 Å². The first kappa shape index (κ1) is 36.9. The van der Waals surface area contributed by atoms with Crippen LogP contribution < -0.4 is 22.5 Å². The quantitative estimate of drug-likeness (QED) is 0.186. The second-order valence-corrected chi connectivity index (χ2v) is 12.4. The third-order valence-corrected chi connectivity index (χ3v) is 8.57. The Balaban J connectivity index is 0.986. The summed E-state index contributed by atoms with van der Waals surface area (Å²) in [5, 5.41) is 0. The van der Waals surface area contributed by atoms with Crippen molar-refractivity contribution in [3.63, 3.8) is 0 Å². The van der Waals surface area contributed by atoms with Crippen molar-refractivity contribution in [2.75, 3.05) is 13.2 Å². The first-order valence-electron chi connectivity index (χ1n) is 16.5. The van der Waals surface area contributed by atoms with Crippen molar-refractivity contribution in [3.8, 4) is 0 Å². The van der Waals surface area contributed by atoms with E-state index in [2.05, 4.69) is 9.97 Å². The standard InChI is InChI=1S/C32H44F2N4O10/c1-19-15-37(31(43)35-29(19)41)25-13-21(33)23(47-25)17-45-27(39)11-9-7-5-3-4-6-8-10-12-28(40)46-18-24-22(34)14-26(48-24)38-16-20(2)30(42)36-32(38)44/h15-16,21-26H,3-14,17-18H2,1-2H3,(H,35,41,43)(H,36,42,44)/t21-,22-,23+,24+,25+,26+/m0/s1. The summed E-state index contributed by atoms with van der Waals surface area (Å²) >= 11 is 0. The summed E-state index contributed by atoms with van der Waals surface area (Å²) in [6.07, 6.45) is 2.97. The number of aryl methyl sites for hydroxylation is 2. The van der Waals surface area contributed by atoms with Crippen LogP contribution in [0.2, 0.25) is 0 Å². The molecular formula is C32H44F2N4O10. The third-order valence-electron chi connectivity index (χ3n) is 8.57. The monoisotopic (exact) mass is 682 g/mol. The molecule has 48 heavy (non-hydrogen) atoms. The predicted molar refractivity (Wildman–Crippen MR) is 167 cm³/mol. The van der Waals surface area contributed by atoms with Crippen molar-refractivity contribution in [2.45, 2.75) is 128 Å². The molecule has 16 heteroatoms. The van der Waals surface area contributed by atoms with Gasteiger partial charge >= 0.3 is 23.3 Å². The molecule has 0 saturated carbocycles. The van der Waals surface area contributed by atoms with E-state index >= 15 is 0 Å². The zero-order chi connectivity index (χ0) is 34.8. The Kier molecular flexibility index (Phi) is 13.4. The van der Waals surface area contributed by atoms with Gasteiger partial charge in [-0.3, -0.25) is 38.3 Å². The van der Waals surface area contributed by atoms with Gasteiger partial charge in [0.2, 0.25) is 0 Å². The highest BCUT2D eigenvalue weighted by molar-refractivity contribution is 5.69. The number of hydrogen-bond acceptors (Lipinski definition) is 10. The molecule has 0 aromatic carbocycles. The molecule has 6 atom stereocenters. The van der Waals surface area contributed by atoms with E-state index in [1.54, 1.807) is 0 Å². The van der Waals surface area contributed by atoms with Crippen LogP contribution in [0.4, 0.5) is 8.78 Å². The van der Waals surface area contributed by atoms with Crippen molar-refractivity contribution in [3.05, 3.63) is 65.2 Å². The van der Waals surface area contributed by atoms with Crippen molar-refractivity contribution in [2.24, 2.45) is 0 Å². The second kappa shape index (κ2) is 17.5. The maximum Gasteiger partial charge on any atom is 0.330 e. The Morgan fingerprint density at radius 2 is 1.04 bits per heavy atom. The van der Waals surface area contributed by atoms with Gasteiger partial charge < -0.3 is 18.9 Å². The number of hydrogen-bond donors (Lipinski definition) is 2. The molecule has 4 heterocycles. The summed E-state index contributed by atoms with van der Waals surface area (Å²) in [5.41, 5.74) is -1.83. The van der Waals surface area contributed by atoms with Gasteiger partial charge in [0.05, 0.1) is 0 Å². The number of nitrogens with zero attached hydrogens (tertiary/aromatic N) is 2. The van der Waals surface area contributed by atoms with E-state index in [0.29, 0.717) is 24.0 Å². The van der Waals surface area contributed by atoms with Crippen LogP contribution in [0, 0.1) is 13.8 Å². The van der Waals surface area contributed by atoms with Crippen LogP contribution in [0.25, 0.3) is 0 Å². The summed E-state index contributed by atoms with van der Waals surface area (Å²) in [5.74, 6) is -0.891. The maximum atomic E-state index is 14.5. The van der Waals surface area contributed by atoms with E-state index in [9.17, 15) is 37.5 Å². The number of unbranched alkanes of at least 4 members (excludes halogenated alkanes) is 7. The Morgan fingerprint density at radius 1 is 0.688 bits per heavy atom. The molecule has 0 aliphatic carbocycles. The average Bonchev–Trinajstić information content (AvgIpc) is 3.60. The van der Waals surface area contributed by atoms with Crippen LogP contribution in [0.3, 0.4) is 0 Å². The minimum Gasteiger partial charge on any atom is -0.463 e. The lowest BCUT2D eigenvalue weighted by molar-refractivity contribution is -0.150. The molecular weight excluding hydrogens is 638 g/mol. The third kappa shape index (κ3) is 10.3. The minimum atomic E-state index is -1.43. The molecule has 14 nitrogen and oxygen atoms in total. The van der Waals surface area contributed by atoms with Gasteiger partial charge in [-0.15, -0.1) is 0 Å². The highest BCUT2D eigenvalue weighted by Gasteiger charge is 2.39. The van der Waals surface area contributed by atoms with Crippen LogP contribution in [-0.2, 0) is 28.5 Å². The number of H-pyrrole nitrogens is 2. The highest BCUT2D eigenvalue weighted by atomic mass is 19.1. The summed E-state index contributed by atoms with van der Waals surface area (Å²) in [6.45, 7) is 2.54. The van der Waals surface area contributed by atoms with E-state index in [-0.39, 0.29) is 38.9 Å². The molecule has 0 radical (unpaired) electrons. The first-order valence-corrected chi connectivity index (χ1v) is 16.5. The van der Waals surface area contributed by atoms with E-state index < -0.39 is 71.4 Å². The van der Waals surface area contributed by atoms with Crippen molar-refractivity contribution >= 4 is 11.9 Å². The Morgan fingerprint density at radius 3 is 1.42 bits per heavy atom. The number of ether oxygens (including phenoxy) is 4. The molecule has 4 rings (SSSR count). The fourth-order valence-electron chi connectivity index (χ4n) is 5.71. The lowest BCUT2D eigenvalue weighted by Crippen LogP contribution is -2.33. The molecule has 2 aromatic heterocycles. The van der Waals surface area contributed by atoms with Crippen molar-refractivity contribution in [1.82, 2.24) is 19.1 Å². The molecule has 2 N–H and O–H groups in total. The molecule has 2 fully saturated rings. The van der Waals surface area contributed by atoms with Gasteiger partial charge in [-0.25, -0.2) is 18.4 Å². The fourth-order valence-corrected chi connectivity index (χ4v) is 5.71. The van der Waals surface area contributed by atoms with Gasteiger partial charge in [0, 0.05) is 49.2 Å². The first-order chi connectivity index (χ1) is 22.9. The Bertz CT molecular complexity index is 1520. The second-order valence-electron chi connectivity index (χ2n) is 12.4. The topological polar surface area (TPSA) is 181 Å².